The molecule has 6 nitrogen and oxygen atoms in total. The maximum Gasteiger partial charge on any atom is 0.250 e. The maximum atomic E-state index is 13.9. The lowest BCUT2D eigenvalue weighted by atomic mass is 9.75. The Bertz CT molecular complexity index is 1160. The number of anilines is 2. The van der Waals surface area contributed by atoms with E-state index in [0.29, 0.717) is 10.2 Å². The van der Waals surface area contributed by atoms with Gasteiger partial charge in [0.25, 0.3) is 0 Å². The highest BCUT2D eigenvalue weighted by molar-refractivity contribution is 9.10. The van der Waals surface area contributed by atoms with Crippen molar-refractivity contribution < 1.29 is 14.4 Å². The molecule has 4 atom stereocenters. The number of benzene rings is 2. The van der Waals surface area contributed by atoms with Crippen LogP contribution >= 0.6 is 15.9 Å². The van der Waals surface area contributed by atoms with Crippen molar-refractivity contribution >= 4 is 45.0 Å². The molecule has 0 radical (unpaired) electrons. The summed E-state index contributed by atoms with van der Waals surface area (Å²) in [6.07, 6.45) is 2.52. The van der Waals surface area contributed by atoms with Crippen LogP contribution in [0.2, 0.25) is 0 Å². The molecule has 6 rings (SSSR count). The molecule has 0 aliphatic carbocycles. The summed E-state index contributed by atoms with van der Waals surface area (Å²) in [5, 5.41) is 3.10. The highest BCUT2D eigenvalue weighted by atomic mass is 79.9. The number of para-hydroxylation sites is 2. The molecule has 158 valence electrons. The molecule has 7 heteroatoms. The SMILES string of the molecule is CCc1cccc2c1NC(=O)[C@]21[C@@H]2C(=O)N(c3ccccc3Br)C(=O)[C@@H]2[C@@H]2CCCN21. The molecule has 4 aliphatic heterocycles. The van der Waals surface area contributed by atoms with Crippen LogP contribution in [0.4, 0.5) is 11.4 Å². The van der Waals surface area contributed by atoms with E-state index in [-0.39, 0.29) is 23.8 Å². The van der Waals surface area contributed by atoms with Crippen LogP contribution in [0.3, 0.4) is 0 Å². The second-order valence-electron chi connectivity index (χ2n) is 8.78. The van der Waals surface area contributed by atoms with Crippen molar-refractivity contribution in [2.45, 2.75) is 37.8 Å². The fraction of sp³-hybridized carbons (Fsp3) is 0.375. The van der Waals surface area contributed by atoms with Gasteiger partial charge in [-0.2, -0.15) is 0 Å². The quantitative estimate of drug-likeness (QED) is 0.669. The van der Waals surface area contributed by atoms with Crippen molar-refractivity contribution in [3.8, 4) is 0 Å². The smallest absolute Gasteiger partial charge is 0.250 e. The molecule has 3 amide bonds. The first kappa shape index (κ1) is 19.2. The summed E-state index contributed by atoms with van der Waals surface area (Å²) in [6, 6.07) is 13.1. The van der Waals surface area contributed by atoms with Gasteiger partial charge >= 0.3 is 0 Å². The second-order valence-corrected chi connectivity index (χ2v) is 9.64. The highest BCUT2D eigenvalue weighted by Crippen LogP contribution is 2.61. The first-order valence-electron chi connectivity index (χ1n) is 10.8. The third-order valence-electron chi connectivity index (χ3n) is 7.59. The van der Waals surface area contributed by atoms with Gasteiger partial charge in [-0.3, -0.25) is 19.3 Å². The number of fused-ring (bicyclic) bond motifs is 7. The van der Waals surface area contributed by atoms with E-state index in [2.05, 4.69) is 33.1 Å². The summed E-state index contributed by atoms with van der Waals surface area (Å²) in [7, 11) is 0. The van der Waals surface area contributed by atoms with Gasteiger partial charge in [0.1, 0.15) is 5.54 Å². The van der Waals surface area contributed by atoms with Crippen molar-refractivity contribution in [3.63, 3.8) is 0 Å². The summed E-state index contributed by atoms with van der Waals surface area (Å²) in [5.74, 6) is -1.86. The Morgan fingerprint density at radius 1 is 1.10 bits per heavy atom. The molecule has 4 heterocycles. The lowest BCUT2D eigenvalue weighted by Gasteiger charge is -2.36. The van der Waals surface area contributed by atoms with Crippen LogP contribution in [-0.4, -0.2) is 35.2 Å². The Labute approximate surface area is 188 Å². The molecular formula is C24H22BrN3O3. The zero-order chi connectivity index (χ0) is 21.5. The summed E-state index contributed by atoms with van der Waals surface area (Å²) >= 11 is 3.49. The normalized spacial score (nSPS) is 31.4. The molecule has 4 aliphatic rings. The molecule has 1 spiro atoms. The van der Waals surface area contributed by atoms with Gasteiger partial charge in [-0.05, 0) is 59.4 Å². The number of aryl methyl sites for hydroxylation is 1. The van der Waals surface area contributed by atoms with Crippen LogP contribution in [0.5, 0.6) is 0 Å². The van der Waals surface area contributed by atoms with Gasteiger partial charge in [0.2, 0.25) is 17.7 Å². The number of nitrogens with zero attached hydrogens (tertiary/aromatic N) is 2. The predicted octanol–water partition coefficient (Wildman–Crippen LogP) is 3.44. The van der Waals surface area contributed by atoms with Gasteiger partial charge in [0.15, 0.2) is 0 Å². The number of amides is 3. The van der Waals surface area contributed by atoms with Crippen molar-refractivity contribution in [2.24, 2.45) is 11.8 Å². The van der Waals surface area contributed by atoms with Crippen molar-refractivity contribution in [1.29, 1.82) is 0 Å². The third-order valence-corrected chi connectivity index (χ3v) is 8.26. The molecule has 0 aromatic heterocycles. The van der Waals surface area contributed by atoms with E-state index in [1.54, 1.807) is 6.07 Å². The topological polar surface area (TPSA) is 69.7 Å². The Balaban J connectivity index is 1.58. The minimum Gasteiger partial charge on any atom is -0.324 e. The highest BCUT2D eigenvalue weighted by Gasteiger charge is 2.74. The molecule has 3 fully saturated rings. The fourth-order valence-electron chi connectivity index (χ4n) is 6.46. The third kappa shape index (κ3) is 2.18. The Morgan fingerprint density at radius 3 is 2.68 bits per heavy atom. The van der Waals surface area contributed by atoms with Crippen LogP contribution in [0.1, 0.15) is 30.9 Å². The van der Waals surface area contributed by atoms with Gasteiger partial charge in [0, 0.05) is 21.8 Å². The number of carbonyl (C=O) groups excluding carboxylic acids is 3. The van der Waals surface area contributed by atoms with Gasteiger partial charge in [-0.25, -0.2) is 4.90 Å². The van der Waals surface area contributed by atoms with E-state index in [1.165, 1.54) is 4.90 Å². The zero-order valence-electron chi connectivity index (χ0n) is 17.1. The standard InChI is InChI=1S/C24H22BrN3O3/c1-2-13-7-5-8-14-20(13)26-23(31)24(14)19-18(17-11-6-12-27(17)24)21(29)28(22(19)30)16-10-4-3-9-15(16)25/h3-5,7-10,17-19H,2,6,11-12H2,1H3,(H,26,31)/t17-,18+,19-,24+/m0/s1. The van der Waals surface area contributed by atoms with E-state index < -0.39 is 17.4 Å². The molecule has 2 aromatic carbocycles. The largest absolute Gasteiger partial charge is 0.324 e. The zero-order valence-corrected chi connectivity index (χ0v) is 18.7. The summed E-state index contributed by atoms with van der Waals surface area (Å²) < 4.78 is 0.693. The van der Waals surface area contributed by atoms with Crippen molar-refractivity contribution in [3.05, 3.63) is 58.1 Å². The molecule has 31 heavy (non-hydrogen) atoms. The van der Waals surface area contributed by atoms with E-state index in [1.807, 2.05) is 36.4 Å². The first-order chi connectivity index (χ1) is 15.0. The van der Waals surface area contributed by atoms with Gasteiger partial charge in [-0.1, -0.05) is 37.3 Å². The van der Waals surface area contributed by atoms with Crippen molar-refractivity contribution in [1.82, 2.24) is 4.90 Å². The van der Waals surface area contributed by atoms with E-state index in [4.69, 9.17) is 0 Å². The number of carbonyl (C=O) groups is 3. The Hall–Kier alpha value is -2.51. The Kier molecular flexibility index (Phi) is 4.02. The van der Waals surface area contributed by atoms with Gasteiger partial charge in [-0.15, -0.1) is 0 Å². The van der Waals surface area contributed by atoms with Gasteiger partial charge < -0.3 is 5.32 Å². The van der Waals surface area contributed by atoms with Crippen LogP contribution < -0.4 is 10.2 Å². The van der Waals surface area contributed by atoms with Crippen LogP contribution in [0, 0.1) is 11.8 Å². The minimum absolute atomic E-state index is 0.101. The first-order valence-corrected chi connectivity index (χ1v) is 11.6. The summed E-state index contributed by atoms with van der Waals surface area (Å²) in [6.45, 7) is 2.78. The molecule has 0 unspecified atom stereocenters. The lowest BCUT2D eigenvalue weighted by Crippen LogP contribution is -2.54. The fourth-order valence-corrected chi connectivity index (χ4v) is 6.92. The second kappa shape index (κ2) is 6.50. The number of nitrogens with one attached hydrogen (secondary N) is 1. The monoisotopic (exact) mass is 479 g/mol. The van der Waals surface area contributed by atoms with Crippen LogP contribution in [-0.2, 0) is 26.3 Å². The molecule has 0 saturated carbocycles. The molecule has 2 aromatic rings. The van der Waals surface area contributed by atoms with Crippen LogP contribution in [0.25, 0.3) is 0 Å². The molecule has 0 bridgehead atoms. The van der Waals surface area contributed by atoms with Crippen molar-refractivity contribution in [2.75, 3.05) is 16.8 Å². The van der Waals surface area contributed by atoms with E-state index in [0.717, 1.165) is 42.6 Å². The summed E-state index contributed by atoms with van der Waals surface area (Å²) in [4.78, 5) is 44.8. The number of hydrogen-bond donors (Lipinski definition) is 1. The predicted molar refractivity (Wildman–Crippen MR) is 119 cm³/mol. The van der Waals surface area contributed by atoms with Crippen LogP contribution in [0.15, 0.2) is 46.9 Å². The molecular weight excluding hydrogens is 458 g/mol. The minimum atomic E-state index is -1.12. The number of halogens is 1. The number of hydrogen-bond acceptors (Lipinski definition) is 4. The molecule has 3 saturated heterocycles. The number of rotatable bonds is 2. The Morgan fingerprint density at radius 2 is 1.90 bits per heavy atom. The molecule has 1 N–H and O–H groups in total. The average Bonchev–Trinajstić information content (AvgIpc) is 3.47. The number of imide groups is 1. The van der Waals surface area contributed by atoms with Gasteiger partial charge in [0.05, 0.1) is 17.5 Å². The maximum absolute atomic E-state index is 13.9. The average molecular weight is 480 g/mol. The summed E-state index contributed by atoms with van der Waals surface area (Å²) in [5.41, 5.74) is 2.16. The van der Waals surface area contributed by atoms with E-state index >= 15 is 0 Å². The van der Waals surface area contributed by atoms with E-state index in [9.17, 15) is 14.4 Å². The lowest BCUT2D eigenvalue weighted by molar-refractivity contribution is -0.135.